The lowest BCUT2D eigenvalue weighted by molar-refractivity contribution is -0.150. The van der Waals surface area contributed by atoms with E-state index in [-0.39, 0.29) is 36.6 Å². The summed E-state index contributed by atoms with van der Waals surface area (Å²) >= 11 is 0. The fraction of sp³-hybridized carbons (Fsp3) is 0.435. The van der Waals surface area contributed by atoms with Gasteiger partial charge in [-0.05, 0) is 37.8 Å². The molecule has 0 aromatic heterocycles. The van der Waals surface area contributed by atoms with Gasteiger partial charge in [-0.25, -0.2) is 0 Å². The minimum Gasteiger partial charge on any atom is -0.465 e. The third kappa shape index (κ3) is 5.81. The topological polar surface area (TPSA) is 38.8 Å². The van der Waals surface area contributed by atoms with Gasteiger partial charge in [0.2, 0.25) is 0 Å². The van der Waals surface area contributed by atoms with Gasteiger partial charge in [0, 0.05) is 13.1 Å². The van der Waals surface area contributed by atoms with Gasteiger partial charge in [-0.1, -0.05) is 60.7 Å². The molecule has 0 N–H and O–H groups in total. The largest absolute Gasteiger partial charge is 0.465 e. The standard InChI is InChI=1S/C23H29NO3.ClH/c1-3-26-23(25)18(2)24-16-14-21(15-17-24)27-22(19-10-6-4-7-11-19)20-12-8-5-9-13-20;/h4-13,18,21-22H,3,14-17H2,1-2H3;1H. The lowest BCUT2D eigenvalue weighted by Crippen LogP contribution is -2.46. The number of rotatable bonds is 7. The van der Waals surface area contributed by atoms with Crippen molar-refractivity contribution in [1.82, 2.24) is 4.90 Å². The predicted molar refractivity (Wildman–Crippen MR) is 114 cm³/mol. The summed E-state index contributed by atoms with van der Waals surface area (Å²) < 4.78 is 11.7. The summed E-state index contributed by atoms with van der Waals surface area (Å²) in [6.07, 6.45) is 1.95. The van der Waals surface area contributed by atoms with Crippen LogP contribution < -0.4 is 0 Å². The molecule has 1 aliphatic heterocycles. The summed E-state index contributed by atoms with van der Waals surface area (Å²) in [5.74, 6) is -0.136. The normalized spacial score (nSPS) is 16.4. The molecule has 1 atom stereocenters. The molecule has 3 rings (SSSR count). The van der Waals surface area contributed by atoms with Gasteiger partial charge < -0.3 is 9.47 Å². The van der Waals surface area contributed by atoms with Crippen molar-refractivity contribution < 1.29 is 14.3 Å². The summed E-state index contributed by atoms with van der Waals surface area (Å²) in [5.41, 5.74) is 2.34. The summed E-state index contributed by atoms with van der Waals surface area (Å²) in [4.78, 5) is 14.2. The Labute approximate surface area is 174 Å². The molecule has 0 saturated carbocycles. The summed E-state index contributed by atoms with van der Waals surface area (Å²) in [5, 5.41) is 0. The maximum absolute atomic E-state index is 12.0. The lowest BCUT2D eigenvalue weighted by atomic mass is 10.00. The van der Waals surface area contributed by atoms with Crippen molar-refractivity contribution in [1.29, 1.82) is 0 Å². The van der Waals surface area contributed by atoms with Gasteiger partial charge in [0.05, 0.1) is 12.7 Å². The molecule has 2 aromatic carbocycles. The smallest absolute Gasteiger partial charge is 0.323 e. The average molecular weight is 404 g/mol. The van der Waals surface area contributed by atoms with E-state index in [2.05, 4.69) is 53.4 Å². The first-order valence-electron chi connectivity index (χ1n) is 9.85. The van der Waals surface area contributed by atoms with E-state index in [0.29, 0.717) is 6.61 Å². The fourth-order valence-electron chi connectivity index (χ4n) is 3.61. The fourth-order valence-corrected chi connectivity index (χ4v) is 3.61. The van der Waals surface area contributed by atoms with Crippen LogP contribution in [-0.2, 0) is 14.3 Å². The predicted octanol–water partition coefficient (Wildman–Crippen LogP) is 4.63. The van der Waals surface area contributed by atoms with Gasteiger partial charge in [-0.15, -0.1) is 12.4 Å². The molecule has 1 unspecified atom stereocenters. The molecule has 1 fully saturated rings. The van der Waals surface area contributed by atoms with Crippen molar-refractivity contribution in [2.45, 2.75) is 44.9 Å². The molecule has 0 spiro atoms. The number of carbonyl (C=O) groups excluding carboxylic acids is 1. The van der Waals surface area contributed by atoms with Crippen LogP contribution >= 0.6 is 12.4 Å². The zero-order valence-electron chi connectivity index (χ0n) is 16.6. The molecule has 1 heterocycles. The Bertz CT molecular complexity index is 663. The van der Waals surface area contributed by atoms with E-state index in [4.69, 9.17) is 9.47 Å². The zero-order valence-corrected chi connectivity index (χ0v) is 17.4. The zero-order chi connectivity index (χ0) is 19.1. The average Bonchev–Trinajstić information content (AvgIpc) is 2.73. The number of hydrogen-bond acceptors (Lipinski definition) is 4. The third-order valence-corrected chi connectivity index (χ3v) is 5.19. The van der Waals surface area contributed by atoms with Crippen LogP contribution in [0.5, 0.6) is 0 Å². The molecule has 4 nitrogen and oxygen atoms in total. The molecule has 1 aliphatic rings. The van der Waals surface area contributed by atoms with Crippen molar-refractivity contribution in [2.75, 3.05) is 19.7 Å². The molecule has 0 bridgehead atoms. The second kappa shape index (κ2) is 11.2. The summed E-state index contributed by atoms with van der Waals surface area (Å²) in [6, 6.07) is 20.6. The molecule has 0 radical (unpaired) electrons. The van der Waals surface area contributed by atoms with Gasteiger partial charge in [-0.3, -0.25) is 9.69 Å². The Balaban J connectivity index is 0.00000280. The highest BCUT2D eigenvalue weighted by Crippen LogP contribution is 2.30. The Morgan fingerprint density at radius 2 is 1.50 bits per heavy atom. The van der Waals surface area contributed by atoms with Crippen molar-refractivity contribution in [3.8, 4) is 0 Å². The number of benzene rings is 2. The maximum atomic E-state index is 12.0. The Morgan fingerprint density at radius 1 is 1.00 bits per heavy atom. The molecule has 0 amide bonds. The SMILES string of the molecule is CCOC(=O)C(C)N1CCC(OC(c2ccccc2)c2ccccc2)CC1.Cl. The molecule has 28 heavy (non-hydrogen) atoms. The lowest BCUT2D eigenvalue weighted by Gasteiger charge is -2.36. The van der Waals surface area contributed by atoms with Crippen LogP contribution in [0.4, 0.5) is 0 Å². The van der Waals surface area contributed by atoms with Crippen LogP contribution in [0.15, 0.2) is 60.7 Å². The maximum Gasteiger partial charge on any atom is 0.323 e. The molecule has 152 valence electrons. The van der Waals surface area contributed by atoms with Crippen molar-refractivity contribution in [3.05, 3.63) is 71.8 Å². The van der Waals surface area contributed by atoms with Crippen LogP contribution in [0.3, 0.4) is 0 Å². The first-order valence-corrected chi connectivity index (χ1v) is 9.85. The van der Waals surface area contributed by atoms with Crippen LogP contribution in [-0.4, -0.2) is 42.7 Å². The highest BCUT2D eigenvalue weighted by atomic mass is 35.5. The number of piperidine rings is 1. The van der Waals surface area contributed by atoms with Crippen LogP contribution in [0.1, 0.15) is 43.9 Å². The monoisotopic (exact) mass is 403 g/mol. The van der Waals surface area contributed by atoms with E-state index in [1.165, 1.54) is 11.1 Å². The highest BCUT2D eigenvalue weighted by Gasteiger charge is 2.29. The van der Waals surface area contributed by atoms with E-state index in [9.17, 15) is 4.79 Å². The number of ether oxygens (including phenoxy) is 2. The Kier molecular flexibility index (Phi) is 8.97. The molecule has 0 aliphatic carbocycles. The molecular formula is C23H30ClNO3. The molecular weight excluding hydrogens is 374 g/mol. The van der Waals surface area contributed by atoms with Crippen molar-refractivity contribution >= 4 is 18.4 Å². The highest BCUT2D eigenvalue weighted by molar-refractivity contribution is 5.85. The quantitative estimate of drug-likeness (QED) is 0.632. The van der Waals surface area contributed by atoms with E-state index in [0.717, 1.165) is 25.9 Å². The van der Waals surface area contributed by atoms with E-state index >= 15 is 0 Å². The van der Waals surface area contributed by atoms with Crippen LogP contribution in [0.25, 0.3) is 0 Å². The Morgan fingerprint density at radius 3 is 1.96 bits per heavy atom. The summed E-state index contributed by atoms with van der Waals surface area (Å²) in [7, 11) is 0. The number of likely N-dealkylation sites (tertiary alicyclic amines) is 1. The van der Waals surface area contributed by atoms with Crippen molar-refractivity contribution in [3.63, 3.8) is 0 Å². The van der Waals surface area contributed by atoms with Gasteiger partial charge in [-0.2, -0.15) is 0 Å². The molecule has 2 aromatic rings. The number of esters is 1. The number of carbonyl (C=O) groups is 1. The number of halogens is 1. The van der Waals surface area contributed by atoms with E-state index in [1.54, 1.807) is 0 Å². The van der Waals surface area contributed by atoms with Crippen LogP contribution in [0.2, 0.25) is 0 Å². The molecule has 5 heteroatoms. The number of hydrogen-bond donors (Lipinski definition) is 0. The second-order valence-corrected chi connectivity index (χ2v) is 7.00. The van der Waals surface area contributed by atoms with Crippen molar-refractivity contribution in [2.24, 2.45) is 0 Å². The van der Waals surface area contributed by atoms with Gasteiger partial charge in [0.25, 0.3) is 0 Å². The molecule has 1 saturated heterocycles. The van der Waals surface area contributed by atoms with E-state index in [1.807, 2.05) is 26.0 Å². The second-order valence-electron chi connectivity index (χ2n) is 7.00. The minimum atomic E-state index is -0.190. The third-order valence-electron chi connectivity index (χ3n) is 5.19. The van der Waals surface area contributed by atoms with Gasteiger partial charge >= 0.3 is 5.97 Å². The van der Waals surface area contributed by atoms with E-state index < -0.39 is 0 Å². The number of nitrogens with zero attached hydrogens (tertiary/aromatic N) is 1. The minimum absolute atomic E-state index is 0. The van der Waals surface area contributed by atoms with Crippen LogP contribution in [0, 0.1) is 0 Å². The van der Waals surface area contributed by atoms with Gasteiger partial charge in [0.1, 0.15) is 12.1 Å². The first-order chi connectivity index (χ1) is 13.2. The first kappa shape index (κ1) is 22.4. The van der Waals surface area contributed by atoms with Gasteiger partial charge in [0.15, 0.2) is 0 Å². The summed E-state index contributed by atoms with van der Waals surface area (Å²) in [6.45, 7) is 5.90. The Hall–Kier alpha value is -1.88.